The summed E-state index contributed by atoms with van der Waals surface area (Å²) in [6.07, 6.45) is 2.56. The molecule has 2 amide bonds. The molecule has 8 heteroatoms. The van der Waals surface area contributed by atoms with Gasteiger partial charge in [0.15, 0.2) is 0 Å². The van der Waals surface area contributed by atoms with Crippen LogP contribution in [0.25, 0.3) is 16.9 Å². The summed E-state index contributed by atoms with van der Waals surface area (Å²) < 4.78 is 8.92. The van der Waals surface area contributed by atoms with Gasteiger partial charge in [-0.05, 0) is 91.7 Å². The van der Waals surface area contributed by atoms with E-state index in [1.807, 2.05) is 47.0 Å². The van der Waals surface area contributed by atoms with Crippen LogP contribution in [0.2, 0.25) is 0 Å². The molecule has 7 nitrogen and oxygen atoms in total. The molecule has 3 heterocycles. The lowest BCUT2D eigenvalue weighted by Gasteiger charge is -2.22. The number of anilines is 1. The zero-order valence-corrected chi connectivity index (χ0v) is 22.0. The van der Waals surface area contributed by atoms with Crippen LogP contribution < -0.4 is 10.1 Å². The second-order valence-electron chi connectivity index (χ2n) is 9.79. The Balaban J connectivity index is 1.25. The van der Waals surface area contributed by atoms with Crippen molar-refractivity contribution in [3.05, 3.63) is 82.5 Å². The number of imidazole rings is 1. The molecule has 0 bridgehead atoms. The van der Waals surface area contributed by atoms with E-state index in [0.29, 0.717) is 30.7 Å². The number of nitrogens with zero attached hydrogens (tertiary/aromatic N) is 3. The van der Waals surface area contributed by atoms with Gasteiger partial charge < -0.3 is 10.1 Å². The molecule has 0 aliphatic carbocycles. The van der Waals surface area contributed by atoms with Crippen molar-refractivity contribution in [2.45, 2.75) is 32.7 Å². The maximum absolute atomic E-state index is 12.5. The summed E-state index contributed by atoms with van der Waals surface area (Å²) in [6.45, 7) is 7.07. The van der Waals surface area contributed by atoms with Crippen molar-refractivity contribution < 1.29 is 14.3 Å². The first-order valence-corrected chi connectivity index (χ1v) is 12.6. The summed E-state index contributed by atoms with van der Waals surface area (Å²) in [4.78, 5) is 31.1. The third-order valence-electron chi connectivity index (χ3n) is 5.88. The molecule has 1 aliphatic rings. The first-order valence-electron chi connectivity index (χ1n) is 11.9. The minimum absolute atomic E-state index is 0.143. The Hall–Kier alpha value is -3.65. The molecular weight excluding hydrogens is 520 g/mol. The second-order valence-corrected chi connectivity index (χ2v) is 10.7. The highest BCUT2D eigenvalue weighted by atomic mass is 79.9. The van der Waals surface area contributed by atoms with E-state index >= 15 is 0 Å². The molecule has 4 aromatic rings. The number of imide groups is 1. The molecule has 0 saturated carbocycles. The van der Waals surface area contributed by atoms with Crippen molar-refractivity contribution in [1.82, 2.24) is 14.3 Å². The summed E-state index contributed by atoms with van der Waals surface area (Å²) in [7, 11) is 0. The Bertz CT molecular complexity index is 1420. The van der Waals surface area contributed by atoms with Gasteiger partial charge in [-0.25, -0.2) is 4.98 Å². The predicted molar refractivity (Wildman–Crippen MR) is 144 cm³/mol. The van der Waals surface area contributed by atoms with Gasteiger partial charge >= 0.3 is 0 Å². The fraction of sp³-hybridized carbons (Fsp3) is 0.250. The zero-order chi connectivity index (χ0) is 25.4. The van der Waals surface area contributed by atoms with Gasteiger partial charge in [-0.15, -0.1) is 0 Å². The van der Waals surface area contributed by atoms with E-state index in [1.54, 1.807) is 24.3 Å². The fourth-order valence-electron chi connectivity index (χ4n) is 4.26. The van der Waals surface area contributed by atoms with Crippen molar-refractivity contribution in [3.63, 3.8) is 0 Å². The normalized spacial score (nSPS) is 13.4. The highest BCUT2D eigenvalue weighted by Gasteiger charge is 2.34. The number of pyridine rings is 1. The van der Waals surface area contributed by atoms with Crippen LogP contribution in [0.4, 0.5) is 5.82 Å². The van der Waals surface area contributed by atoms with Crippen LogP contribution in [0, 0.1) is 0 Å². The molecule has 184 valence electrons. The van der Waals surface area contributed by atoms with Gasteiger partial charge in [0.25, 0.3) is 11.8 Å². The van der Waals surface area contributed by atoms with E-state index in [4.69, 9.17) is 9.72 Å². The van der Waals surface area contributed by atoms with Crippen molar-refractivity contribution >= 4 is 39.2 Å². The van der Waals surface area contributed by atoms with Gasteiger partial charge in [0.05, 0.1) is 17.7 Å². The lowest BCUT2D eigenvalue weighted by atomic mass is 10.1. The largest absolute Gasteiger partial charge is 0.494 e. The zero-order valence-electron chi connectivity index (χ0n) is 20.4. The third-order valence-corrected chi connectivity index (χ3v) is 6.35. The molecule has 1 N–H and O–H groups in total. The monoisotopic (exact) mass is 546 g/mol. The summed E-state index contributed by atoms with van der Waals surface area (Å²) in [5, 5.41) is 3.58. The standard InChI is InChI=1S/C28H27BrN4O3/c1-28(2,3)31-25-24(30-23-14-11-19(29)17-33(23)25)18-9-12-20(13-10-18)36-16-6-15-32-26(34)21-7-4-5-8-22(21)27(32)35/h4-5,7-14,17,31H,6,15-16H2,1-3H3. The molecule has 0 fully saturated rings. The van der Waals surface area contributed by atoms with Gasteiger partial charge in [0.1, 0.15) is 22.9 Å². The number of rotatable bonds is 7. The van der Waals surface area contributed by atoms with Crippen molar-refractivity contribution in [2.75, 3.05) is 18.5 Å². The fourth-order valence-corrected chi connectivity index (χ4v) is 4.60. The number of halogens is 1. The highest BCUT2D eigenvalue weighted by molar-refractivity contribution is 9.10. The molecule has 0 radical (unpaired) electrons. The maximum Gasteiger partial charge on any atom is 0.261 e. The maximum atomic E-state index is 12.5. The summed E-state index contributed by atoms with van der Waals surface area (Å²) in [5.41, 5.74) is 3.49. The Labute approximate surface area is 218 Å². The van der Waals surface area contributed by atoms with Crippen LogP contribution in [0.5, 0.6) is 5.75 Å². The van der Waals surface area contributed by atoms with Gasteiger partial charge in [-0.2, -0.15) is 0 Å². The summed E-state index contributed by atoms with van der Waals surface area (Å²) >= 11 is 3.55. The first-order chi connectivity index (χ1) is 17.2. The molecule has 0 saturated heterocycles. The minimum atomic E-state index is -0.237. The minimum Gasteiger partial charge on any atom is -0.494 e. The number of hydrogen-bond donors (Lipinski definition) is 1. The van der Waals surface area contributed by atoms with Crippen LogP contribution in [0.3, 0.4) is 0 Å². The van der Waals surface area contributed by atoms with Crippen LogP contribution in [-0.4, -0.2) is 44.8 Å². The van der Waals surface area contributed by atoms with Crippen LogP contribution in [0.15, 0.2) is 71.3 Å². The second kappa shape index (κ2) is 9.43. The number of aromatic nitrogens is 2. The average Bonchev–Trinajstić information content (AvgIpc) is 3.31. The van der Waals surface area contributed by atoms with Crippen molar-refractivity contribution in [1.29, 1.82) is 0 Å². The van der Waals surface area contributed by atoms with Crippen LogP contribution >= 0.6 is 15.9 Å². The topological polar surface area (TPSA) is 75.9 Å². The number of hydrogen-bond acceptors (Lipinski definition) is 5. The van der Waals surface area contributed by atoms with E-state index in [-0.39, 0.29) is 17.4 Å². The first kappa shape index (κ1) is 24.1. The predicted octanol–water partition coefficient (Wildman–Crippen LogP) is 6.04. The summed E-state index contributed by atoms with van der Waals surface area (Å²) in [6, 6.07) is 18.7. The molecule has 1 aliphatic heterocycles. The van der Waals surface area contributed by atoms with E-state index in [9.17, 15) is 9.59 Å². The van der Waals surface area contributed by atoms with Crippen molar-refractivity contribution in [2.24, 2.45) is 0 Å². The summed E-state index contributed by atoms with van der Waals surface area (Å²) in [5.74, 6) is 1.17. The Kier molecular flexibility index (Phi) is 6.30. The number of carbonyl (C=O) groups excluding carboxylic acids is 2. The lowest BCUT2D eigenvalue weighted by molar-refractivity contribution is 0.0646. The van der Waals surface area contributed by atoms with E-state index in [2.05, 4.69) is 42.0 Å². The molecule has 0 unspecified atom stereocenters. The van der Waals surface area contributed by atoms with Crippen LogP contribution in [0.1, 0.15) is 47.9 Å². The number of fused-ring (bicyclic) bond motifs is 2. The quantitative estimate of drug-likeness (QED) is 0.226. The number of ether oxygens (including phenoxy) is 1. The Morgan fingerprint density at radius 1 is 0.944 bits per heavy atom. The van der Waals surface area contributed by atoms with E-state index in [1.165, 1.54) is 4.90 Å². The smallest absolute Gasteiger partial charge is 0.261 e. The Morgan fingerprint density at radius 3 is 2.25 bits per heavy atom. The molecule has 0 spiro atoms. The average molecular weight is 547 g/mol. The number of carbonyl (C=O) groups is 2. The Morgan fingerprint density at radius 2 is 1.61 bits per heavy atom. The van der Waals surface area contributed by atoms with E-state index in [0.717, 1.165) is 32.9 Å². The van der Waals surface area contributed by atoms with Gasteiger partial charge in [-0.3, -0.25) is 18.9 Å². The molecule has 5 rings (SSSR count). The SMILES string of the molecule is CC(C)(C)Nc1c(-c2ccc(OCCCN3C(=O)c4ccccc4C3=O)cc2)nc2ccc(Br)cn12. The number of nitrogens with one attached hydrogen (secondary N) is 1. The van der Waals surface area contributed by atoms with Gasteiger partial charge in [-0.1, -0.05) is 12.1 Å². The molecule has 2 aromatic carbocycles. The van der Waals surface area contributed by atoms with Crippen molar-refractivity contribution in [3.8, 4) is 17.0 Å². The molecular formula is C28H27BrN4O3. The molecule has 36 heavy (non-hydrogen) atoms. The van der Waals surface area contributed by atoms with E-state index < -0.39 is 0 Å². The third kappa shape index (κ3) is 4.73. The van der Waals surface area contributed by atoms with Crippen LogP contribution in [-0.2, 0) is 0 Å². The van der Waals surface area contributed by atoms with Gasteiger partial charge in [0, 0.05) is 28.3 Å². The number of amides is 2. The highest BCUT2D eigenvalue weighted by Crippen LogP contribution is 2.32. The number of benzene rings is 2. The molecule has 2 aromatic heterocycles. The lowest BCUT2D eigenvalue weighted by Crippen LogP contribution is -2.31. The molecule has 0 atom stereocenters. The van der Waals surface area contributed by atoms with Gasteiger partial charge in [0.2, 0.25) is 0 Å².